The zero-order valence-corrected chi connectivity index (χ0v) is 15.9. The minimum absolute atomic E-state index is 0.122. The van der Waals surface area contributed by atoms with Crippen molar-refractivity contribution in [2.24, 2.45) is 0 Å². The van der Waals surface area contributed by atoms with Crippen LogP contribution in [-0.2, 0) is 22.6 Å². The Kier molecular flexibility index (Phi) is 7.32. The maximum Gasteiger partial charge on any atom is 0.317 e. The van der Waals surface area contributed by atoms with Gasteiger partial charge in [0, 0.05) is 32.7 Å². The van der Waals surface area contributed by atoms with Crippen molar-refractivity contribution in [3.63, 3.8) is 0 Å². The van der Waals surface area contributed by atoms with Crippen molar-refractivity contribution < 1.29 is 23.2 Å². The van der Waals surface area contributed by atoms with Crippen molar-refractivity contribution in [1.82, 2.24) is 20.4 Å². The summed E-state index contributed by atoms with van der Waals surface area (Å²) in [6.45, 7) is 2.86. The Hall–Kier alpha value is -2.52. The number of urea groups is 1. The fourth-order valence-corrected chi connectivity index (χ4v) is 3.03. The van der Waals surface area contributed by atoms with Gasteiger partial charge in [-0.3, -0.25) is 0 Å². The van der Waals surface area contributed by atoms with Gasteiger partial charge < -0.3 is 24.2 Å². The molecule has 2 amide bonds. The minimum Gasteiger partial charge on any atom is -0.382 e. The predicted molar refractivity (Wildman–Crippen MR) is 98.0 cm³/mol. The fourth-order valence-electron chi connectivity index (χ4n) is 3.03. The van der Waals surface area contributed by atoms with Crippen LogP contribution < -0.4 is 5.32 Å². The first-order valence-corrected chi connectivity index (χ1v) is 9.32. The lowest BCUT2D eigenvalue weighted by atomic mass is 9.96. The van der Waals surface area contributed by atoms with E-state index in [1.165, 1.54) is 12.1 Å². The number of hydrogen-bond donors (Lipinski definition) is 1. The van der Waals surface area contributed by atoms with E-state index in [0.717, 1.165) is 18.4 Å². The molecule has 8 nitrogen and oxygen atoms in total. The Morgan fingerprint density at radius 3 is 2.75 bits per heavy atom. The summed E-state index contributed by atoms with van der Waals surface area (Å²) < 4.78 is 28.4. The number of hydrogen-bond acceptors (Lipinski definition) is 6. The third-order valence-electron chi connectivity index (χ3n) is 4.65. The Balaban J connectivity index is 1.40. The van der Waals surface area contributed by atoms with Crippen molar-refractivity contribution in [2.75, 3.05) is 33.4 Å². The fraction of sp³-hybridized carbons (Fsp3) is 0.526. The van der Waals surface area contributed by atoms with E-state index in [4.69, 9.17) is 14.0 Å². The molecule has 1 saturated heterocycles. The molecule has 1 fully saturated rings. The van der Waals surface area contributed by atoms with E-state index in [1.807, 2.05) is 0 Å². The summed E-state index contributed by atoms with van der Waals surface area (Å²) in [6, 6.07) is 5.97. The number of nitrogens with zero attached hydrogens (tertiary/aromatic N) is 3. The van der Waals surface area contributed by atoms with Gasteiger partial charge in [-0.15, -0.1) is 0 Å². The first kappa shape index (κ1) is 20.2. The van der Waals surface area contributed by atoms with Gasteiger partial charge in [-0.2, -0.15) is 4.98 Å². The van der Waals surface area contributed by atoms with Crippen molar-refractivity contribution in [3.8, 4) is 0 Å². The Bertz CT molecular complexity index is 745. The molecule has 0 radical (unpaired) electrons. The third-order valence-corrected chi connectivity index (χ3v) is 4.65. The van der Waals surface area contributed by atoms with E-state index in [-0.39, 0.29) is 24.4 Å². The highest BCUT2D eigenvalue weighted by atomic mass is 19.1. The SMILES string of the molecule is COCCOCc1nc(C2CCN(C(=O)NCc3ccc(F)cc3)CC2)no1. The van der Waals surface area contributed by atoms with Gasteiger partial charge in [0.2, 0.25) is 0 Å². The van der Waals surface area contributed by atoms with Crippen molar-refractivity contribution in [2.45, 2.75) is 31.9 Å². The lowest BCUT2D eigenvalue weighted by Crippen LogP contribution is -2.43. The minimum atomic E-state index is -0.289. The summed E-state index contributed by atoms with van der Waals surface area (Å²) >= 11 is 0. The standard InChI is InChI=1S/C19H25FN4O4/c1-26-10-11-27-13-17-22-18(23-28-17)15-6-8-24(9-7-15)19(25)21-12-14-2-4-16(20)5-3-14/h2-5,15H,6-13H2,1H3,(H,21,25). The summed E-state index contributed by atoms with van der Waals surface area (Å²) in [6.07, 6.45) is 1.54. The highest BCUT2D eigenvalue weighted by Gasteiger charge is 2.27. The van der Waals surface area contributed by atoms with Crippen molar-refractivity contribution >= 4 is 6.03 Å². The van der Waals surface area contributed by atoms with Crippen LogP contribution in [0.25, 0.3) is 0 Å². The summed E-state index contributed by atoms with van der Waals surface area (Å²) in [4.78, 5) is 18.5. The topological polar surface area (TPSA) is 89.7 Å². The highest BCUT2D eigenvalue weighted by Crippen LogP contribution is 2.26. The summed E-state index contributed by atoms with van der Waals surface area (Å²) in [7, 11) is 1.61. The van der Waals surface area contributed by atoms with Crippen LogP contribution in [0.3, 0.4) is 0 Å². The Labute approximate surface area is 163 Å². The average Bonchev–Trinajstić information content (AvgIpc) is 3.20. The molecule has 1 aliphatic heterocycles. The second-order valence-corrected chi connectivity index (χ2v) is 6.64. The molecule has 2 heterocycles. The van der Waals surface area contributed by atoms with Crippen LogP contribution in [0, 0.1) is 5.82 Å². The number of carbonyl (C=O) groups excluding carboxylic acids is 1. The number of piperidine rings is 1. The molecule has 1 aromatic carbocycles. The Morgan fingerprint density at radius 2 is 2.04 bits per heavy atom. The van der Waals surface area contributed by atoms with E-state index in [9.17, 15) is 9.18 Å². The van der Waals surface area contributed by atoms with Crippen LogP contribution in [0.4, 0.5) is 9.18 Å². The zero-order chi connectivity index (χ0) is 19.8. The average molecular weight is 392 g/mol. The van der Waals surface area contributed by atoms with Crippen LogP contribution in [0.5, 0.6) is 0 Å². The zero-order valence-electron chi connectivity index (χ0n) is 15.9. The maximum absolute atomic E-state index is 12.9. The van der Waals surface area contributed by atoms with Gasteiger partial charge in [0.25, 0.3) is 5.89 Å². The number of halogens is 1. The third kappa shape index (κ3) is 5.74. The number of amides is 2. The summed E-state index contributed by atoms with van der Waals surface area (Å²) in [5.41, 5.74) is 0.858. The number of ether oxygens (including phenoxy) is 2. The van der Waals surface area contributed by atoms with Gasteiger partial charge in [0.15, 0.2) is 5.82 Å². The molecule has 0 saturated carbocycles. The first-order chi connectivity index (χ1) is 13.7. The number of rotatable bonds is 8. The van der Waals surface area contributed by atoms with Gasteiger partial charge in [0.1, 0.15) is 12.4 Å². The maximum atomic E-state index is 12.9. The molecule has 1 N–H and O–H groups in total. The summed E-state index contributed by atoms with van der Waals surface area (Å²) in [5.74, 6) is 0.989. The van der Waals surface area contributed by atoms with E-state index in [1.54, 1.807) is 24.1 Å². The molecule has 152 valence electrons. The van der Waals surface area contributed by atoms with E-state index >= 15 is 0 Å². The van der Waals surface area contributed by atoms with Gasteiger partial charge in [-0.1, -0.05) is 17.3 Å². The largest absolute Gasteiger partial charge is 0.382 e. The number of methoxy groups -OCH3 is 1. The molecule has 0 bridgehead atoms. The van der Waals surface area contributed by atoms with E-state index in [0.29, 0.717) is 44.6 Å². The van der Waals surface area contributed by atoms with Crippen LogP contribution in [0.15, 0.2) is 28.8 Å². The lowest BCUT2D eigenvalue weighted by Gasteiger charge is -2.30. The van der Waals surface area contributed by atoms with Crippen LogP contribution >= 0.6 is 0 Å². The molecule has 9 heteroatoms. The van der Waals surface area contributed by atoms with Crippen molar-refractivity contribution in [3.05, 3.63) is 47.4 Å². The van der Waals surface area contributed by atoms with Gasteiger partial charge in [0.05, 0.1) is 13.2 Å². The number of likely N-dealkylation sites (tertiary alicyclic amines) is 1. The quantitative estimate of drug-likeness (QED) is 0.694. The molecule has 0 spiro atoms. The molecule has 0 atom stereocenters. The van der Waals surface area contributed by atoms with Crippen molar-refractivity contribution in [1.29, 1.82) is 0 Å². The summed E-state index contributed by atoms with van der Waals surface area (Å²) in [5, 5.41) is 6.91. The molecular formula is C19H25FN4O4. The predicted octanol–water partition coefficient (Wildman–Crippen LogP) is 2.46. The number of aromatic nitrogens is 2. The number of nitrogens with one attached hydrogen (secondary N) is 1. The van der Waals surface area contributed by atoms with Crippen LogP contribution in [0.2, 0.25) is 0 Å². The number of carbonyl (C=O) groups is 1. The molecular weight excluding hydrogens is 367 g/mol. The second kappa shape index (κ2) is 10.1. The molecule has 0 unspecified atom stereocenters. The van der Waals surface area contributed by atoms with E-state index in [2.05, 4.69) is 15.5 Å². The molecule has 0 aliphatic carbocycles. The van der Waals surface area contributed by atoms with Gasteiger partial charge in [-0.25, -0.2) is 9.18 Å². The van der Waals surface area contributed by atoms with Gasteiger partial charge >= 0.3 is 6.03 Å². The smallest absolute Gasteiger partial charge is 0.317 e. The molecule has 1 aromatic heterocycles. The molecule has 3 rings (SSSR count). The van der Waals surface area contributed by atoms with Gasteiger partial charge in [-0.05, 0) is 30.5 Å². The van der Waals surface area contributed by atoms with Crippen LogP contribution in [-0.4, -0.2) is 54.5 Å². The molecule has 1 aliphatic rings. The van der Waals surface area contributed by atoms with E-state index < -0.39 is 0 Å². The van der Waals surface area contributed by atoms with Crippen LogP contribution in [0.1, 0.15) is 36.0 Å². The Morgan fingerprint density at radius 1 is 1.29 bits per heavy atom. The highest BCUT2D eigenvalue weighted by molar-refractivity contribution is 5.74. The second-order valence-electron chi connectivity index (χ2n) is 6.64. The molecule has 2 aromatic rings. The lowest BCUT2D eigenvalue weighted by molar-refractivity contribution is 0.0494. The normalized spacial score (nSPS) is 15.0. The first-order valence-electron chi connectivity index (χ1n) is 9.32. The molecule has 28 heavy (non-hydrogen) atoms. The monoisotopic (exact) mass is 392 g/mol. The number of benzene rings is 1.